The van der Waals surface area contributed by atoms with Crippen LogP contribution >= 0.6 is 0 Å². The van der Waals surface area contributed by atoms with Gasteiger partial charge in [0.1, 0.15) is 5.58 Å². The summed E-state index contributed by atoms with van der Waals surface area (Å²) in [6.45, 7) is 7.69. The van der Waals surface area contributed by atoms with E-state index in [0.29, 0.717) is 37.6 Å². The maximum Gasteiger partial charge on any atom is 0.336 e. The minimum Gasteiger partial charge on any atom is -0.423 e. The van der Waals surface area contributed by atoms with Crippen LogP contribution in [0.4, 0.5) is 5.69 Å². The summed E-state index contributed by atoms with van der Waals surface area (Å²) in [5.74, 6) is 0.371. The van der Waals surface area contributed by atoms with Crippen molar-refractivity contribution in [3.63, 3.8) is 0 Å². The number of fused-ring (bicyclic) bond motifs is 2. The Morgan fingerprint density at radius 2 is 1.97 bits per heavy atom. The van der Waals surface area contributed by atoms with Gasteiger partial charge in [-0.15, -0.1) is 0 Å². The highest BCUT2D eigenvalue weighted by Crippen LogP contribution is 2.30. The van der Waals surface area contributed by atoms with Crippen LogP contribution in [-0.4, -0.2) is 25.5 Å². The number of hydrogen-bond acceptors (Lipinski definition) is 5. The molecule has 7 heteroatoms. The molecule has 0 aliphatic carbocycles. The second kappa shape index (κ2) is 8.13. The third-order valence-corrected chi connectivity index (χ3v) is 7.26. The number of aryl methyl sites for hydroxylation is 1. The van der Waals surface area contributed by atoms with Gasteiger partial charge < -0.3 is 9.73 Å². The van der Waals surface area contributed by atoms with Gasteiger partial charge in [-0.1, -0.05) is 26.0 Å². The van der Waals surface area contributed by atoms with Crippen molar-refractivity contribution in [3.05, 3.63) is 74.6 Å². The Bertz CT molecular complexity index is 1310. The molecule has 0 spiro atoms. The van der Waals surface area contributed by atoms with Crippen molar-refractivity contribution < 1.29 is 12.8 Å². The lowest BCUT2D eigenvalue weighted by atomic mass is 9.94. The second-order valence-corrected chi connectivity index (χ2v) is 10.6. The smallest absolute Gasteiger partial charge is 0.336 e. The largest absolute Gasteiger partial charge is 0.423 e. The minimum absolute atomic E-state index is 0.361. The molecule has 2 aromatic carbocycles. The summed E-state index contributed by atoms with van der Waals surface area (Å²) in [5, 5.41) is 4.42. The number of sulfonamides is 1. The monoisotopic (exact) mass is 440 g/mol. The molecule has 1 aliphatic heterocycles. The first-order valence-corrected chi connectivity index (χ1v) is 12.4. The van der Waals surface area contributed by atoms with Crippen LogP contribution in [0.2, 0.25) is 0 Å². The fourth-order valence-corrected chi connectivity index (χ4v) is 5.18. The lowest BCUT2D eigenvalue weighted by molar-refractivity contribution is 0.395. The highest BCUT2D eigenvalue weighted by Gasteiger charge is 2.24. The normalized spacial score (nSPS) is 14.7. The number of benzene rings is 2. The van der Waals surface area contributed by atoms with E-state index < -0.39 is 10.0 Å². The summed E-state index contributed by atoms with van der Waals surface area (Å²) in [4.78, 5) is 12.2. The van der Waals surface area contributed by atoms with E-state index in [2.05, 4.69) is 25.2 Å². The van der Waals surface area contributed by atoms with E-state index in [0.717, 1.165) is 33.3 Å². The zero-order valence-electron chi connectivity index (χ0n) is 18.4. The molecule has 6 nitrogen and oxygen atoms in total. The predicted octanol–water partition coefficient (Wildman–Crippen LogP) is 4.15. The Morgan fingerprint density at radius 1 is 1.19 bits per heavy atom. The van der Waals surface area contributed by atoms with Crippen molar-refractivity contribution in [2.45, 2.75) is 46.2 Å². The quantitative estimate of drug-likeness (QED) is 0.603. The summed E-state index contributed by atoms with van der Waals surface area (Å²) in [7, 11) is -3.21. The Morgan fingerprint density at radius 3 is 2.68 bits per heavy atom. The zero-order chi connectivity index (χ0) is 22.3. The molecule has 0 bridgehead atoms. The van der Waals surface area contributed by atoms with Gasteiger partial charge in [-0.2, -0.15) is 4.31 Å². The van der Waals surface area contributed by atoms with E-state index in [9.17, 15) is 13.2 Å². The number of nitrogens with one attached hydrogen (secondary N) is 1. The van der Waals surface area contributed by atoms with Crippen molar-refractivity contribution in [1.29, 1.82) is 0 Å². The Hall–Kier alpha value is -2.64. The Kier molecular flexibility index (Phi) is 5.66. The van der Waals surface area contributed by atoms with Crippen molar-refractivity contribution in [2.24, 2.45) is 0 Å². The zero-order valence-corrected chi connectivity index (χ0v) is 19.2. The number of hydrogen-bond donors (Lipinski definition) is 1. The first-order valence-electron chi connectivity index (χ1n) is 10.5. The lowest BCUT2D eigenvalue weighted by Gasteiger charge is -2.28. The van der Waals surface area contributed by atoms with Crippen molar-refractivity contribution >= 4 is 26.7 Å². The van der Waals surface area contributed by atoms with Crippen molar-refractivity contribution in [2.75, 3.05) is 18.1 Å². The van der Waals surface area contributed by atoms with E-state index in [-0.39, 0.29) is 5.63 Å². The van der Waals surface area contributed by atoms with E-state index >= 15 is 0 Å². The summed E-state index contributed by atoms with van der Waals surface area (Å²) in [6.07, 6.45) is 1.90. The topological polar surface area (TPSA) is 79.6 Å². The van der Waals surface area contributed by atoms with Crippen LogP contribution in [0.1, 0.15) is 47.6 Å². The SMILES string of the molecule is Cc1cc2oc(=O)cc(CNc3cccc4c3CCN(S(C)(=O)=O)C4)c2cc1C(C)C. The second-order valence-electron chi connectivity index (χ2n) is 8.59. The van der Waals surface area contributed by atoms with Crippen molar-refractivity contribution in [3.8, 4) is 0 Å². The van der Waals surface area contributed by atoms with E-state index in [1.54, 1.807) is 6.07 Å². The molecule has 1 aromatic heterocycles. The molecule has 3 aromatic rings. The van der Waals surface area contributed by atoms with Crippen LogP contribution in [0.25, 0.3) is 11.0 Å². The molecular weight excluding hydrogens is 412 g/mol. The molecule has 0 saturated heterocycles. The van der Waals surface area contributed by atoms with Gasteiger partial charge in [-0.25, -0.2) is 13.2 Å². The van der Waals surface area contributed by atoms with E-state index in [1.807, 2.05) is 31.2 Å². The van der Waals surface area contributed by atoms with E-state index in [4.69, 9.17) is 4.42 Å². The lowest BCUT2D eigenvalue weighted by Crippen LogP contribution is -2.35. The van der Waals surface area contributed by atoms with Gasteiger partial charge in [0.05, 0.1) is 6.26 Å². The summed E-state index contributed by atoms with van der Waals surface area (Å²) >= 11 is 0. The number of nitrogens with zero attached hydrogens (tertiary/aromatic N) is 1. The fraction of sp³-hybridized carbons (Fsp3) is 0.375. The standard InChI is InChI=1S/C24H28N2O4S/c1-15(2)20-12-21-18(11-24(27)30-23(21)10-16(20)3)13-25-22-7-5-6-17-14-26(31(4,28)29)9-8-19(17)22/h5-7,10-12,15,25H,8-9,13-14H2,1-4H3. The first kappa shape index (κ1) is 21.6. The highest BCUT2D eigenvalue weighted by atomic mass is 32.2. The molecule has 1 N–H and O–H groups in total. The molecule has 0 fully saturated rings. The first-order chi connectivity index (χ1) is 14.6. The van der Waals surface area contributed by atoms with Crippen LogP contribution in [-0.2, 0) is 29.5 Å². The van der Waals surface area contributed by atoms with Gasteiger partial charge in [0, 0.05) is 36.8 Å². The summed E-state index contributed by atoms with van der Waals surface area (Å²) < 4.78 is 30.8. The Balaban J connectivity index is 1.66. The Labute approximate surface area is 182 Å². The van der Waals surface area contributed by atoms with Gasteiger partial charge in [0.25, 0.3) is 0 Å². The third-order valence-electron chi connectivity index (χ3n) is 6.01. The minimum atomic E-state index is -3.21. The molecule has 4 rings (SSSR count). The molecule has 2 heterocycles. The van der Waals surface area contributed by atoms with Crippen LogP contribution in [0.5, 0.6) is 0 Å². The fourth-order valence-electron chi connectivity index (χ4n) is 4.38. The van der Waals surface area contributed by atoms with Crippen molar-refractivity contribution in [1.82, 2.24) is 4.31 Å². The number of anilines is 1. The predicted molar refractivity (Wildman–Crippen MR) is 124 cm³/mol. The maximum atomic E-state index is 12.2. The molecule has 0 atom stereocenters. The number of rotatable bonds is 5. The van der Waals surface area contributed by atoms with Crippen LogP contribution in [0.15, 0.2) is 45.6 Å². The van der Waals surface area contributed by atoms with Gasteiger partial charge >= 0.3 is 5.63 Å². The molecule has 164 valence electrons. The van der Waals surface area contributed by atoms with Crippen LogP contribution in [0, 0.1) is 6.92 Å². The molecule has 0 amide bonds. The van der Waals surface area contributed by atoms with Crippen LogP contribution < -0.4 is 10.9 Å². The maximum absolute atomic E-state index is 12.2. The molecule has 31 heavy (non-hydrogen) atoms. The van der Waals surface area contributed by atoms with E-state index in [1.165, 1.54) is 16.1 Å². The van der Waals surface area contributed by atoms with Crippen LogP contribution in [0.3, 0.4) is 0 Å². The molecule has 0 unspecified atom stereocenters. The summed E-state index contributed by atoms with van der Waals surface area (Å²) in [6, 6.07) is 11.5. The van der Waals surface area contributed by atoms with Gasteiger partial charge in [0.2, 0.25) is 10.0 Å². The highest BCUT2D eigenvalue weighted by molar-refractivity contribution is 7.88. The average molecular weight is 441 g/mol. The summed E-state index contributed by atoms with van der Waals surface area (Å²) in [5.41, 5.74) is 6.60. The molecular formula is C24H28N2O4S. The van der Waals surface area contributed by atoms with Gasteiger partial charge in [-0.3, -0.25) is 0 Å². The van der Waals surface area contributed by atoms with Gasteiger partial charge in [-0.05, 0) is 65.3 Å². The molecule has 1 aliphatic rings. The average Bonchev–Trinajstić information content (AvgIpc) is 2.70. The molecule has 0 radical (unpaired) electrons. The molecule has 0 saturated carbocycles. The van der Waals surface area contributed by atoms with Gasteiger partial charge in [0.15, 0.2) is 0 Å². The third kappa shape index (κ3) is 4.38.